The van der Waals surface area contributed by atoms with Crippen LogP contribution in [0.3, 0.4) is 0 Å². The highest BCUT2D eigenvalue weighted by Gasteiger charge is 2.39. The van der Waals surface area contributed by atoms with Gasteiger partial charge in [0.25, 0.3) is 0 Å². The van der Waals surface area contributed by atoms with E-state index >= 15 is 0 Å². The number of ketones is 1. The van der Waals surface area contributed by atoms with Crippen molar-refractivity contribution in [1.29, 1.82) is 0 Å². The van der Waals surface area contributed by atoms with Crippen LogP contribution in [0, 0.1) is 0 Å². The monoisotopic (exact) mass is 168 g/mol. The first kappa shape index (κ1) is 9.00. The van der Waals surface area contributed by atoms with Gasteiger partial charge in [-0.25, -0.2) is 0 Å². The highest BCUT2D eigenvalue weighted by molar-refractivity contribution is 6.03. The molecule has 0 saturated carbocycles. The molecule has 66 valence electrons. The van der Waals surface area contributed by atoms with Crippen LogP contribution in [0.5, 0.6) is 0 Å². The van der Waals surface area contributed by atoms with Crippen LogP contribution in [-0.2, 0) is 9.53 Å². The standard InChI is InChI=1S/C9H12O3/c1-3-4-9(2)8(11)7(5-10)6-12-9/h3,6,10H,1,4-5H2,2H3. The van der Waals surface area contributed by atoms with E-state index in [0.29, 0.717) is 12.0 Å². The highest BCUT2D eigenvalue weighted by Crippen LogP contribution is 2.27. The quantitative estimate of drug-likeness (QED) is 0.634. The summed E-state index contributed by atoms with van der Waals surface area (Å²) in [7, 11) is 0. The van der Waals surface area contributed by atoms with E-state index in [0.717, 1.165) is 0 Å². The van der Waals surface area contributed by atoms with Crippen molar-refractivity contribution in [2.24, 2.45) is 0 Å². The average molecular weight is 168 g/mol. The van der Waals surface area contributed by atoms with E-state index in [4.69, 9.17) is 9.84 Å². The van der Waals surface area contributed by atoms with Gasteiger partial charge >= 0.3 is 0 Å². The molecule has 3 heteroatoms. The maximum absolute atomic E-state index is 11.4. The van der Waals surface area contributed by atoms with Gasteiger partial charge < -0.3 is 9.84 Å². The fourth-order valence-electron chi connectivity index (χ4n) is 1.17. The fraction of sp³-hybridized carbons (Fsp3) is 0.444. The first-order valence-corrected chi connectivity index (χ1v) is 3.77. The number of carbonyl (C=O) groups excluding carboxylic acids is 1. The molecule has 1 unspecified atom stereocenters. The Bertz CT molecular complexity index is 242. The van der Waals surface area contributed by atoms with Crippen LogP contribution in [0.4, 0.5) is 0 Å². The van der Waals surface area contributed by atoms with Crippen LogP contribution in [0.1, 0.15) is 13.3 Å². The number of ether oxygens (including phenoxy) is 1. The molecule has 0 amide bonds. The average Bonchev–Trinajstić information content (AvgIpc) is 2.30. The van der Waals surface area contributed by atoms with Crippen molar-refractivity contribution in [1.82, 2.24) is 0 Å². The molecule has 1 aliphatic rings. The van der Waals surface area contributed by atoms with E-state index in [-0.39, 0.29) is 12.4 Å². The molecule has 0 radical (unpaired) electrons. The van der Waals surface area contributed by atoms with Crippen molar-refractivity contribution in [2.45, 2.75) is 18.9 Å². The van der Waals surface area contributed by atoms with Crippen LogP contribution in [-0.4, -0.2) is 23.1 Å². The second-order valence-corrected chi connectivity index (χ2v) is 2.97. The van der Waals surface area contributed by atoms with Gasteiger partial charge in [-0.15, -0.1) is 6.58 Å². The lowest BCUT2D eigenvalue weighted by atomic mass is 9.94. The van der Waals surface area contributed by atoms with Crippen molar-refractivity contribution in [3.8, 4) is 0 Å². The lowest BCUT2D eigenvalue weighted by Crippen LogP contribution is -2.33. The zero-order valence-electron chi connectivity index (χ0n) is 7.04. The lowest BCUT2D eigenvalue weighted by Gasteiger charge is -2.19. The van der Waals surface area contributed by atoms with Gasteiger partial charge in [0.05, 0.1) is 18.4 Å². The van der Waals surface area contributed by atoms with E-state index in [2.05, 4.69) is 6.58 Å². The SMILES string of the molecule is C=CCC1(C)OC=C(CO)C1=O. The normalized spacial score (nSPS) is 28.2. The number of Topliss-reactive ketones (excluding diaryl/α,β-unsaturated/α-hetero) is 1. The van der Waals surface area contributed by atoms with E-state index in [1.807, 2.05) is 0 Å². The number of aliphatic hydroxyl groups is 1. The molecular weight excluding hydrogens is 156 g/mol. The van der Waals surface area contributed by atoms with Crippen molar-refractivity contribution in [3.63, 3.8) is 0 Å². The molecular formula is C9H12O3. The van der Waals surface area contributed by atoms with E-state index < -0.39 is 5.60 Å². The minimum absolute atomic E-state index is 0.148. The molecule has 0 aromatic carbocycles. The first-order valence-electron chi connectivity index (χ1n) is 3.77. The van der Waals surface area contributed by atoms with Crippen LogP contribution in [0.2, 0.25) is 0 Å². The van der Waals surface area contributed by atoms with Gasteiger partial charge in [0.1, 0.15) is 0 Å². The minimum Gasteiger partial charge on any atom is -0.486 e. The zero-order chi connectivity index (χ0) is 9.19. The summed E-state index contributed by atoms with van der Waals surface area (Å²) in [6.07, 6.45) is 3.42. The van der Waals surface area contributed by atoms with E-state index in [1.165, 1.54) is 6.26 Å². The summed E-state index contributed by atoms with van der Waals surface area (Å²) in [5, 5.41) is 8.74. The van der Waals surface area contributed by atoms with Gasteiger partial charge in [-0.2, -0.15) is 0 Å². The molecule has 0 saturated heterocycles. The van der Waals surface area contributed by atoms with Gasteiger partial charge in [-0.1, -0.05) is 6.08 Å². The molecule has 3 nitrogen and oxygen atoms in total. The Labute approximate surface area is 71.3 Å². The van der Waals surface area contributed by atoms with Gasteiger partial charge in [-0.3, -0.25) is 4.79 Å². The van der Waals surface area contributed by atoms with Gasteiger partial charge in [0, 0.05) is 6.42 Å². The molecule has 1 N–H and O–H groups in total. The summed E-state index contributed by atoms with van der Waals surface area (Å²) in [5.41, 5.74) is -0.501. The predicted molar refractivity (Wildman–Crippen MR) is 44.5 cm³/mol. The van der Waals surface area contributed by atoms with Gasteiger partial charge in [0.2, 0.25) is 5.78 Å². The Morgan fingerprint density at radius 3 is 2.92 bits per heavy atom. The van der Waals surface area contributed by atoms with Gasteiger partial charge in [-0.05, 0) is 6.92 Å². The largest absolute Gasteiger partial charge is 0.486 e. The molecule has 12 heavy (non-hydrogen) atoms. The topological polar surface area (TPSA) is 46.5 Å². The highest BCUT2D eigenvalue weighted by atomic mass is 16.5. The zero-order valence-corrected chi connectivity index (χ0v) is 7.04. The van der Waals surface area contributed by atoms with Gasteiger partial charge in [0.15, 0.2) is 5.60 Å². The molecule has 1 atom stereocenters. The second kappa shape index (κ2) is 3.11. The van der Waals surface area contributed by atoms with E-state index in [1.54, 1.807) is 13.0 Å². The molecule has 1 rings (SSSR count). The Balaban J connectivity index is 2.77. The number of hydrogen-bond acceptors (Lipinski definition) is 3. The van der Waals surface area contributed by atoms with Crippen molar-refractivity contribution in [2.75, 3.05) is 6.61 Å². The number of aliphatic hydroxyl groups excluding tert-OH is 1. The van der Waals surface area contributed by atoms with Crippen molar-refractivity contribution >= 4 is 5.78 Å². The van der Waals surface area contributed by atoms with Crippen molar-refractivity contribution in [3.05, 3.63) is 24.5 Å². The fourth-order valence-corrected chi connectivity index (χ4v) is 1.17. The van der Waals surface area contributed by atoms with Crippen molar-refractivity contribution < 1.29 is 14.6 Å². The maximum atomic E-state index is 11.4. The molecule has 0 aromatic heterocycles. The molecule has 0 spiro atoms. The summed E-state index contributed by atoms with van der Waals surface area (Å²) in [6, 6.07) is 0. The third-order valence-electron chi connectivity index (χ3n) is 1.94. The summed E-state index contributed by atoms with van der Waals surface area (Å²) >= 11 is 0. The number of rotatable bonds is 3. The third-order valence-corrected chi connectivity index (χ3v) is 1.94. The summed E-state index contributed by atoms with van der Waals surface area (Å²) in [5.74, 6) is -0.148. The first-order chi connectivity index (χ1) is 5.64. The Kier molecular flexibility index (Phi) is 2.33. The molecule has 0 aliphatic carbocycles. The Morgan fingerprint density at radius 2 is 2.50 bits per heavy atom. The van der Waals surface area contributed by atoms with E-state index in [9.17, 15) is 4.79 Å². The summed E-state index contributed by atoms with van der Waals surface area (Å²) < 4.78 is 5.15. The number of carbonyl (C=O) groups is 1. The van der Waals surface area contributed by atoms with Crippen LogP contribution in [0.25, 0.3) is 0 Å². The Morgan fingerprint density at radius 1 is 1.83 bits per heavy atom. The molecule has 1 aliphatic heterocycles. The molecule has 0 bridgehead atoms. The van der Waals surface area contributed by atoms with Crippen LogP contribution < -0.4 is 0 Å². The molecule has 1 heterocycles. The smallest absolute Gasteiger partial charge is 0.207 e. The Hall–Kier alpha value is -1.09. The summed E-state index contributed by atoms with van der Waals surface area (Å²) in [4.78, 5) is 11.4. The van der Waals surface area contributed by atoms with Crippen LogP contribution in [0.15, 0.2) is 24.5 Å². The van der Waals surface area contributed by atoms with Crippen LogP contribution >= 0.6 is 0 Å². The molecule has 0 aromatic rings. The minimum atomic E-state index is -0.834. The lowest BCUT2D eigenvalue weighted by molar-refractivity contribution is -0.128. The maximum Gasteiger partial charge on any atom is 0.207 e. The number of hydrogen-bond donors (Lipinski definition) is 1. The predicted octanol–water partition coefficient (Wildman–Crippen LogP) is 0.797. The second-order valence-electron chi connectivity index (χ2n) is 2.97. The molecule has 0 fully saturated rings. The summed E-state index contributed by atoms with van der Waals surface area (Å²) in [6.45, 7) is 4.97. The third kappa shape index (κ3) is 1.28.